The third-order valence-electron chi connectivity index (χ3n) is 3.56. The van der Waals surface area contributed by atoms with E-state index >= 15 is 0 Å². The fourth-order valence-corrected chi connectivity index (χ4v) is 2.41. The number of aromatic nitrogens is 2. The van der Waals surface area contributed by atoms with Crippen molar-refractivity contribution in [2.75, 3.05) is 20.2 Å². The molecule has 0 aliphatic heterocycles. The molecule has 5 heteroatoms. The van der Waals surface area contributed by atoms with Gasteiger partial charge in [0.15, 0.2) is 0 Å². The predicted octanol–water partition coefficient (Wildman–Crippen LogP) is 1.40. The highest BCUT2D eigenvalue weighted by Crippen LogP contribution is 2.10. The Morgan fingerprint density at radius 3 is 2.81 bits per heavy atom. The Hall–Kier alpha value is -1.69. The second kappa shape index (κ2) is 7.93. The number of nitrogens with zero attached hydrogens (tertiary/aromatic N) is 3. The van der Waals surface area contributed by atoms with Crippen LogP contribution < -0.4 is 5.73 Å². The van der Waals surface area contributed by atoms with E-state index < -0.39 is 0 Å². The lowest BCUT2D eigenvalue weighted by Gasteiger charge is -2.18. The quantitative estimate of drug-likeness (QED) is 0.770. The van der Waals surface area contributed by atoms with E-state index in [1.807, 2.05) is 10.6 Å². The molecule has 5 nitrogen and oxygen atoms in total. The number of aryl methyl sites for hydroxylation is 1. The minimum atomic E-state index is -0.352. The standard InChI is InChI=1S/C16H24N4O/c1-19(11-14-6-3-2-4-7-14)8-5-9-20-13-18-10-16(20)15(17)12-21/h2-4,6-7,10,13,15,21H,5,8-9,11-12,17H2,1H3. The molecule has 0 saturated carbocycles. The van der Waals surface area contributed by atoms with E-state index in [2.05, 4.69) is 41.2 Å². The predicted molar refractivity (Wildman–Crippen MR) is 83.6 cm³/mol. The molecule has 1 unspecified atom stereocenters. The van der Waals surface area contributed by atoms with Crippen LogP contribution in [0.2, 0.25) is 0 Å². The van der Waals surface area contributed by atoms with Gasteiger partial charge in [0.25, 0.3) is 0 Å². The highest BCUT2D eigenvalue weighted by atomic mass is 16.3. The summed E-state index contributed by atoms with van der Waals surface area (Å²) in [4.78, 5) is 6.42. The molecule has 0 aliphatic carbocycles. The van der Waals surface area contributed by atoms with E-state index in [-0.39, 0.29) is 12.6 Å². The van der Waals surface area contributed by atoms with Crippen molar-refractivity contribution < 1.29 is 5.11 Å². The van der Waals surface area contributed by atoms with Gasteiger partial charge in [-0.05, 0) is 25.6 Å². The first-order chi connectivity index (χ1) is 10.2. The summed E-state index contributed by atoms with van der Waals surface area (Å²) in [5, 5.41) is 9.13. The zero-order valence-corrected chi connectivity index (χ0v) is 12.5. The van der Waals surface area contributed by atoms with Crippen molar-refractivity contribution in [1.29, 1.82) is 0 Å². The molecule has 0 saturated heterocycles. The van der Waals surface area contributed by atoms with Gasteiger partial charge < -0.3 is 20.3 Å². The highest BCUT2D eigenvalue weighted by Gasteiger charge is 2.10. The Bertz CT molecular complexity index is 526. The number of hydrogen-bond acceptors (Lipinski definition) is 4. The molecular weight excluding hydrogens is 264 g/mol. The first kappa shape index (κ1) is 15.7. The Morgan fingerprint density at radius 2 is 2.10 bits per heavy atom. The molecule has 2 aromatic rings. The van der Waals surface area contributed by atoms with Gasteiger partial charge in [0.2, 0.25) is 0 Å². The van der Waals surface area contributed by atoms with Gasteiger partial charge in [0.05, 0.1) is 24.7 Å². The largest absolute Gasteiger partial charge is 0.394 e. The molecule has 0 bridgehead atoms. The van der Waals surface area contributed by atoms with Gasteiger partial charge in [-0.1, -0.05) is 30.3 Å². The first-order valence-electron chi connectivity index (χ1n) is 7.29. The van der Waals surface area contributed by atoms with Crippen LogP contribution in [-0.4, -0.2) is 39.8 Å². The van der Waals surface area contributed by atoms with Crippen LogP contribution in [0.1, 0.15) is 23.7 Å². The third-order valence-corrected chi connectivity index (χ3v) is 3.56. The van der Waals surface area contributed by atoms with Crippen LogP contribution in [-0.2, 0) is 13.1 Å². The molecule has 21 heavy (non-hydrogen) atoms. The van der Waals surface area contributed by atoms with Crippen molar-refractivity contribution in [3.8, 4) is 0 Å². The maximum absolute atomic E-state index is 9.13. The summed E-state index contributed by atoms with van der Waals surface area (Å²) in [5.74, 6) is 0. The van der Waals surface area contributed by atoms with Crippen molar-refractivity contribution in [2.24, 2.45) is 5.73 Å². The van der Waals surface area contributed by atoms with Crippen molar-refractivity contribution >= 4 is 0 Å². The van der Waals surface area contributed by atoms with Crippen LogP contribution in [0.5, 0.6) is 0 Å². The van der Waals surface area contributed by atoms with Crippen molar-refractivity contribution in [1.82, 2.24) is 14.5 Å². The van der Waals surface area contributed by atoms with Gasteiger partial charge in [0, 0.05) is 19.3 Å². The van der Waals surface area contributed by atoms with E-state index in [0.717, 1.165) is 31.7 Å². The normalized spacial score (nSPS) is 12.8. The molecule has 2 rings (SSSR count). The van der Waals surface area contributed by atoms with E-state index in [1.165, 1.54) is 5.56 Å². The number of nitrogens with two attached hydrogens (primary N) is 1. The van der Waals surface area contributed by atoms with Crippen LogP contribution in [0, 0.1) is 0 Å². The average molecular weight is 288 g/mol. The van der Waals surface area contributed by atoms with Gasteiger partial charge in [-0.25, -0.2) is 4.98 Å². The van der Waals surface area contributed by atoms with Crippen LogP contribution in [0.25, 0.3) is 0 Å². The molecule has 0 aliphatic rings. The van der Waals surface area contributed by atoms with E-state index in [1.54, 1.807) is 12.5 Å². The monoisotopic (exact) mass is 288 g/mol. The van der Waals surface area contributed by atoms with Crippen LogP contribution >= 0.6 is 0 Å². The number of imidazole rings is 1. The lowest BCUT2D eigenvalue weighted by Crippen LogP contribution is -2.22. The molecule has 0 spiro atoms. The SMILES string of the molecule is CN(CCCn1cncc1C(N)CO)Cc1ccccc1. The molecule has 1 atom stereocenters. The molecule has 0 fully saturated rings. The van der Waals surface area contributed by atoms with Crippen molar-refractivity contribution in [2.45, 2.75) is 25.6 Å². The van der Waals surface area contributed by atoms with Gasteiger partial charge in [-0.2, -0.15) is 0 Å². The molecular formula is C16H24N4O. The molecule has 1 aromatic carbocycles. The lowest BCUT2D eigenvalue weighted by molar-refractivity contribution is 0.261. The molecule has 0 amide bonds. The van der Waals surface area contributed by atoms with Gasteiger partial charge in [0.1, 0.15) is 0 Å². The molecule has 0 radical (unpaired) electrons. The maximum Gasteiger partial charge on any atom is 0.0948 e. The van der Waals surface area contributed by atoms with Crippen molar-refractivity contribution in [3.63, 3.8) is 0 Å². The highest BCUT2D eigenvalue weighted by molar-refractivity contribution is 5.14. The van der Waals surface area contributed by atoms with E-state index in [4.69, 9.17) is 10.8 Å². The van der Waals surface area contributed by atoms with Crippen LogP contribution in [0.3, 0.4) is 0 Å². The maximum atomic E-state index is 9.13. The molecule has 114 valence electrons. The Balaban J connectivity index is 1.78. The van der Waals surface area contributed by atoms with Gasteiger partial charge >= 0.3 is 0 Å². The summed E-state index contributed by atoms with van der Waals surface area (Å²) in [6.07, 6.45) is 4.53. The fourth-order valence-electron chi connectivity index (χ4n) is 2.41. The second-order valence-corrected chi connectivity index (χ2v) is 5.38. The molecule has 1 heterocycles. The number of hydrogen-bond donors (Lipinski definition) is 2. The van der Waals surface area contributed by atoms with E-state index in [0.29, 0.717) is 0 Å². The third kappa shape index (κ3) is 4.67. The van der Waals surface area contributed by atoms with Crippen LogP contribution in [0.4, 0.5) is 0 Å². The minimum Gasteiger partial charge on any atom is -0.394 e. The van der Waals surface area contributed by atoms with Crippen LogP contribution in [0.15, 0.2) is 42.9 Å². The smallest absolute Gasteiger partial charge is 0.0948 e. The summed E-state index contributed by atoms with van der Waals surface area (Å²) >= 11 is 0. The Morgan fingerprint density at radius 1 is 1.33 bits per heavy atom. The molecule has 1 aromatic heterocycles. The second-order valence-electron chi connectivity index (χ2n) is 5.38. The Labute approximate surface area is 126 Å². The number of rotatable bonds is 8. The fraction of sp³-hybridized carbons (Fsp3) is 0.438. The summed E-state index contributed by atoms with van der Waals surface area (Å²) < 4.78 is 2.03. The summed E-state index contributed by atoms with van der Waals surface area (Å²) in [5.41, 5.74) is 8.07. The van der Waals surface area contributed by atoms with Gasteiger partial charge in [-0.15, -0.1) is 0 Å². The summed E-state index contributed by atoms with van der Waals surface area (Å²) in [6.45, 7) is 2.76. The number of benzene rings is 1. The minimum absolute atomic E-state index is 0.0559. The zero-order valence-electron chi connectivity index (χ0n) is 12.5. The van der Waals surface area contributed by atoms with Crippen molar-refractivity contribution in [3.05, 3.63) is 54.1 Å². The number of aliphatic hydroxyl groups is 1. The van der Waals surface area contributed by atoms with Gasteiger partial charge in [-0.3, -0.25) is 0 Å². The summed E-state index contributed by atoms with van der Waals surface area (Å²) in [7, 11) is 2.13. The zero-order chi connectivity index (χ0) is 15.1. The van der Waals surface area contributed by atoms with E-state index in [9.17, 15) is 0 Å². The first-order valence-corrected chi connectivity index (χ1v) is 7.29. The summed E-state index contributed by atoms with van der Waals surface area (Å²) in [6, 6.07) is 10.1. The molecule has 3 N–H and O–H groups in total. The Kier molecular flexibility index (Phi) is 5.92. The topological polar surface area (TPSA) is 67.3 Å². The average Bonchev–Trinajstić information content (AvgIpc) is 2.96. The lowest BCUT2D eigenvalue weighted by atomic mass is 10.2. The number of aliphatic hydroxyl groups excluding tert-OH is 1.